The van der Waals surface area contributed by atoms with Crippen LogP contribution in [0.4, 0.5) is 0 Å². The van der Waals surface area contributed by atoms with Gasteiger partial charge in [-0.1, -0.05) is 279 Å². The maximum Gasteiger partial charge on any atom is 0.0244 e. The predicted molar refractivity (Wildman–Crippen MR) is 410 cm³/mol. The number of fused-ring (bicyclic) bond motifs is 6. The van der Waals surface area contributed by atoms with E-state index >= 15 is 0 Å². The molecule has 4 atom stereocenters. The first kappa shape index (κ1) is 66.2. The fraction of sp³-hybridized carbons (Fsp3) is 0.467. The lowest BCUT2D eigenvalue weighted by Gasteiger charge is -2.32. The summed E-state index contributed by atoms with van der Waals surface area (Å²) in [5.41, 5.74) is 15.0. The van der Waals surface area contributed by atoms with Crippen molar-refractivity contribution in [1.82, 2.24) is 20.4 Å². The van der Waals surface area contributed by atoms with Crippen LogP contribution in [0.15, 0.2) is 133 Å². The summed E-state index contributed by atoms with van der Waals surface area (Å²) in [4.78, 5) is 5.39. The molecule has 0 spiro atoms. The van der Waals surface area contributed by atoms with Crippen molar-refractivity contribution >= 4 is 86.2 Å². The van der Waals surface area contributed by atoms with Crippen molar-refractivity contribution in [2.24, 2.45) is 23.7 Å². The van der Waals surface area contributed by atoms with E-state index in [0.717, 1.165) is 89.1 Å². The minimum Gasteiger partial charge on any atom is -0.311 e. The molecule has 13 rings (SSSR count). The summed E-state index contributed by atoms with van der Waals surface area (Å²) in [6, 6.07) is 54.0. The Morgan fingerprint density at radius 1 is 0.309 bits per heavy atom. The summed E-state index contributed by atoms with van der Waals surface area (Å²) >= 11 is 0. The van der Waals surface area contributed by atoms with Gasteiger partial charge in [0.2, 0.25) is 0 Å². The molecule has 2 aliphatic heterocycles. The number of hydrogen-bond acceptors (Lipinski definition) is 4. The Kier molecular flexibility index (Phi) is 21.7. The molecule has 0 fully saturated rings. The average molecular weight is 1250 g/mol. The third-order valence-electron chi connectivity index (χ3n) is 23.5. The summed E-state index contributed by atoms with van der Waals surface area (Å²) in [5, 5.41) is 31.5. The van der Waals surface area contributed by atoms with Crippen molar-refractivity contribution in [2.75, 3.05) is 26.2 Å². The van der Waals surface area contributed by atoms with Crippen LogP contribution in [0.3, 0.4) is 0 Å². The van der Waals surface area contributed by atoms with Crippen LogP contribution in [0.1, 0.15) is 214 Å². The van der Waals surface area contributed by atoms with Gasteiger partial charge >= 0.3 is 0 Å². The van der Waals surface area contributed by atoms with Crippen LogP contribution in [-0.2, 0) is 65.0 Å². The average Bonchev–Trinajstić information content (AvgIpc) is 0.713. The number of nitrogens with zero attached hydrogens (tertiary/aromatic N) is 2. The Morgan fingerprint density at radius 2 is 0.585 bits per heavy atom. The molecule has 11 aromatic rings. The van der Waals surface area contributed by atoms with E-state index in [4.69, 9.17) is 0 Å². The van der Waals surface area contributed by atoms with Gasteiger partial charge in [-0.2, -0.15) is 0 Å². The molecule has 492 valence electrons. The minimum absolute atomic E-state index is 0.729. The van der Waals surface area contributed by atoms with Crippen LogP contribution in [0, 0.1) is 23.7 Å². The highest BCUT2D eigenvalue weighted by Gasteiger charge is 2.27. The van der Waals surface area contributed by atoms with Crippen molar-refractivity contribution in [1.29, 1.82) is 0 Å². The molecular formula is C90H112N4. The van der Waals surface area contributed by atoms with Crippen LogP contribution in [0.5, 0.6) is 0 Å². The highest BCUT2D eigenvalue weighted by Crippen LogP contribution is 2.47. The normalized spacial score (nSPS) is 15.1. The van der Waals surface area contributed by atoms with Crippen molar-refractivity contribution in [3.8, 4) is 0 Å². The number of benzene rings is 11. The molecule has 4 unspecified atom stereocenters. The minimum atomic E-state index is 0.729. The topological polar surface area (TPSA) is 30.5 Å². The molecule has 0 amide bonds. The lowest BCUT2D eigenvalue weighted by molar-refractivity contribution is 0.252. The van der Waals surface area contributed by atoms with E-state index in [0.29, 0.717) is 0 Å². The fourth-order valence-corrected chi connectivity index (χ4v) is 17.9. The highest BCUT2D eigenvalue weighted by molar-refractivity contribution is 6.34. The molecular weight excluding hydrogens is 1140 g/mol. The van der Waals surface area contributed by atoms with Gasteiger partial charge in [0.25, 0.3) is 0 Å². The molecule has 0 aliphatic carbocycles. The summed E-state index contributed by atoms with van der Waals surface area (Å²) in [6.07, 6.45) is 25.3. The third kappa shape index (κ3) is 13.7. The first-order chi connectivity index (χ1) is 46.3. The summed E-state index contributed by atoms with van der Waals surface area (Å²) in [5.74, 6) is 2.92. The predicted octanol–water partition coefficient (Wildman–Crippen LogP) is 23.6. The van der Waals surface area contributed by atoms with Gasteiger partial charge in [0.1, 0.15) is 0 Å². The van der Waals surface area contributed by atoms with Gasteiger partial charge in [0.15, 0.2) is 0 Å². The van der Waals surface area contributed by atoms with Crippen molar-refractivity contribution in [3.05, 3.63) is 189 Å². The molecule has 0 aromatic heterocycles. The van der Waals surface area contributed by atoms with Crippen molar-refractivity contribution in [3.63, 3.8) is 0 Å². The molecule has 2 aliphatic rings. The molecule has 94 heavy (non-hydrogen) atoms. The zero-order valence-corrected chi connectivity index (χ0v) is 59.1. The molecule has 2 N–H and O–H groups in total. The summed E-state index contributed by atoms with van der Waals surface area (Å²) in [7, 11) is 0. The van der Waals surface area contributed by atoms with Crippen LogP contribution >= 0.6 is 0 Å². The maximum atomic E-state index is 4.06. The molecule has 2 heterocycles. The van der Waals surface area contributed by atoms with Gasteiger partial charge < -0.3 is 10.6 Å². The van der Waals surface area contributed by atoms with E-state index in [-0.39, 0.29) is 0 Å². The number of rotatable bonds is 34. The van der Waals surface area contributed by atoms with Gasteiger partial charge in [-0.25, -0.2) is 0 Å². The zero-order chi connectivity index (χ0) is 64.7. The lowest BCUT2D eigenvalue weighted by atomic mass is 9.83. The van der Waals surface area contributed by atoms with E-state index in [1.165, 1.54) is 248 Å². The Hall–Kier alpha value is -6.40. The molecule has 4 nitrogen and oxygen atoms in total. The standard InChI is InChI=1S/C90H112N4/c1-9-17-25-61(13-5)49-65-29-21-33-73-81(65)53-82-66(50-62(14-6)26-18-10-2)30-22-34-74(82)85(73)55-91-45-47-93-57-69-37-41-77-79-43-39-71-59-94(60-72-40-44-80(90(79)88(71)72)78-42-38-70(58-93)87(69)89(77)78)48-46-92-56-86-75-35-23-31-67(51-63(15-7)27-19-11-3)83(75)54-84-68(32-24-36-76(84)86)52-64(16-8)28-20-12-4/h21-24,29-44,53-54,61-64,91-92H,9-20,25-28,45-52,55-60H2,1-8H3. The van der Waals surface area contributed by atoms with Crippen molar-refractivity contribution in [2.45, 2.75) is 223 Å². The van der Waals surface area contributed by atoms with Gasteiger partial charge in [0, 0.05) is 65.4 Å². The molecule has 0 saturated carbocycles. The van der Waals surface area contributed by atoms with Crippen LogP contribution < -0.4 is 10.6 Å². The Labute approximate surface area is 565 Å². The van der Waals surface area contributed by atoms with Gasteiger partial charge in [-0.05, 0) is 203 Å². The third-order valence-corrected chi connectivity index (χ3v) is 23.5. The van der Waals surface area contributed by atoms with E-state index < -0.39 is 0 Å². The van der Waals surface area contributed by atoms with Crippen LogP contribution in [-0.4, -0.2) is 36.0 Å². The van der Waals surface area contributed by atoms with Gasteiger partial charge in [0.05, 0.1) is 0 Å². The van der Waals surface area contributed by atoms with E-state index in [1.54, 1.807) is 22.3 Å². The molecule has 0 radical (unpaired) electrons. The Balaban J connectivity index is 0.711. The summed E-state index contributed by atoms with van der Waals surface area (Å²) in [6.45, 7) is 28.6. The smallest absolute Gasteiger partial charge is 0.0244 e. The van der Waals surface area contributed by atoms with Crippen LogP contribution in [0.2, 0.25) is 0 Å². The van der Waals surface area contributed by atoms with Gasteiger partial charge in [-0.15, -0.1) is 0 Å². The lowest BCUT2D eigenvalue weighted by Crippen LogP contribution is -2.33. The largest absolute Gasteiger partial charge is 0.311 e. The first-order valence-electron chi connectivity index (χ1n) is 38.2. The number of unbranched alkanes of at least 4 members (excludes halogenated alkanes) is 4. The fourth-order valence-electron chi connectivity index (χ4n) is 17.9. The van der Waals surface area contributed by atoms with E-state index in [2.05, 4.69) is 209 Å². The maximum absolute atomic E-state index is 4.06. The quantitative estimate of drug-likeness (QED) is 0.0239. The molecule has 11 aromatic carbocycles. The highest BCUT2D eigenvalue weighted by atomic mass is 15.1. The molecule has 0 saturated heterocycles. The molecule has 4 heteroatoms. The van der Waals surface area contributed by atoms with Gasteiger partial charge in [-0.3, -0.25) is 9.80 Å². The second kappa shape index (κ2) is 30.8. The summed E-state index contributed by atoms with van der Waals surface area (Å²) < 4.78 is 0. The van der Waals surface area contributed by atoms with Crippen LogP contribution in [0.25, 0.3) is 86.2 Å². The number of hydrogen-bond donors (Lipinski definition) is 2. The SMILES string of the molecule is CCCCC(CC)Cc1cccc2c(CNCCN3Cc4ccc5c6ccc7c8c(ccc(c9ccc(c4c59)C3)c86)CN(CCNCc3c4cccc(CC(CC)CCCC)c4cc4c(CC(CC)CCCC)cccc34)C7)c3cccc(CC(CC)CCCC)c3cc12. The second-order valence-electron chi connectivity index (χ2n) is 29.6. The first-order valence-corrected chi connectivity index (χ1v) is 38.2. The monoisotopic (exact) mass is 1250 g/mol. The van der Waals surface area contributed by atoms with E-state index in [1.807, 2.05) is 0 Å². The van der Waals surface area contributed by atoms with Crippen molar-refractivity contribution < 1.29 is 0 Å². The van der Waals surface area contributed by atoms with E-state index in [9.17, 15) is 0 Å². The zero-order valence-electron chi connectivity index (χ0n) is 59.1. The Bertz CT molecular complexity index is 3860. The Morgan fingerprint density at radius 3 is 0.840 bits per heavy atom. The second-order valence-corrected chi connectivity index (χ2v) is 29.6. The number of nitrogens with one attached hydrogen (secondary N) is 2. The molecule has 0 bridgehead atoms.